The summed E-state index contributed by atoms with van der Waals surface area (Å²) < 4.78 is 11.8. The van der Waals surface area contributed by atoms with E-state index < -0.39 is 0 Å². The first-order valence-electron chi connectivity index (χ1n) is 11.4. The highest BCUT2D eigenvalue weighted by atomic mass is 32.1. The van der Waals surface area contributed by atoms with Crippen molar-refractivity contribution in [3.63, 3.8) is 0 Å². The number of fused-ring (bicyclic) bond motifs is 4. The lowest BCUT2D eigenvalue weighted by molar-refractivity contribution is 0.0243. The Balaban J connectivity index is 1.18. The van der Waals surface area contributed by atoms with Crippen LogP contribution in [-0.4, -0.2) is 37.8 Å². The minimum absolute atomic E-state index is 0.0878. The van der Waals surface area contributed by atoms with Crippen LogP contribution in [0.15, 0.2) is 60.0 Å². The van der Waals surface area contributed by atoms with Gasteiger partial charge in [-0.1, -0.05) is 55.5 Å². The summed E-state index contributed by atoms with van der Waals surface area (Å²) in [4.78, 5) is 15.9. The van der Waals surface area contributed by atoms with Gasteiger partial charge in [-0.05, 0) is 51.6 Å². The highest BCUT2D eigenvalue weighted by Crippen LogP contribution is 2.44. The average molecular weight is 448 g/mol. The molecular formula is C27H29NO3S. The zero-order valence-electron chi connectivity index (χ0n) is 18.6. The van der Waals surface area contributed by atoms with Crippen molar-refractivity contribution in [1.82, 2.24) is 4.90 Å². The zero-order chi connectivity index (χ0) is 22.1. The van der Waals surface area contributed by atoms with Crippen LogP contribution in [0.5, 0.6) is 0 Å². The lowest BCUT2D eigenvalue weighted by atomic mass is 9.96. The van der Waals surface area contributed by atoms with Gasteiger partial charge in [0.15, 0.2) is 0 Å². The van der Waals surface area contributed by atoms with E-state index in [1.165, 1.54) is 32.7 Å². The van der Waals surface area contributed by atoms with Crippen molar-refractivity contribution in [2.45, 2.75) is 31.8 Å². The summed E-state index contributed by atoms with van der Waals surface area (Å²) in [6, 6.07) is 19.0. The van der Waals surface area contributed by atoms with Crippen LogP contribution in [0.3, 0.4) is 0 Å². The number of carbonyl (C=O) groups excluding carboxylic acids is 1. The summed E-state index contributed by atoms with van der Waals surface area (Å²) in [7, 11) is 1.83. The van der Waals surface area contributed by atoms with Crippen molar-refractivity contribution in [3.8, 4) is 11.1 Å². The lowest BCUT2D eigenvalue weighted by Crippen LogP contribution is -2.33. The molecule has 2 unspecified atom stereocenters. The van der Waals surface area contributed by atoms with Gasteiger partial charge >= 0.3 is 6.09 Å². The second-order valence-electron chi connectivity index (χ2n) is 8.93. The minimum Gasteiger partial charge on any atom is -0.448 e. The summed E-state index contributed by atoms with van der Waals surface area (Å²) in [5.74, 6) is 0.404. The highest BCUT2D eigenvalue weighted by Gasteiger charge is 2.30. The van der Waals surface area contributed by atoms with Crippen LogP contribution < -0.4 is 0 Å². The molecule has 2 atom stereocenters. The predicted octanol–water partition coefficient (Wildman–Crippen LogP) is 6.27. The summed E-state index contributed by atoms with van der Waals surface area (Å²) in [5, 5.41) is 2.15. The Morgan fingerprint density at radius 3 is 2.50 bits per heavy atom. The largest absolute Gasteiger partial charge is 0.448 e. The fraction of sp³-hybridized carbons (Fsp3) is 0.370. The molecule has 1 aliphatic carbocycles. The van der Waals surface area contributed by atoms with E-state index in [9.17, 15) is 4.79 Å². The van der Waals surface area contributed by atoms with E-state index in [-0.39, 0.29) is 18.1 Å². The molecular weight excluding hydrogens is 418 g/mol. The molecule has 0 bridgehead atoms. The molecule has 0 N–H and O–H groups in total. The third-order valence-corrected chi connectivity index (χ3v) is 7.62. The van der Waals surface area contributed by atoms with Gasteiger partial charge in [-0.3, -0.25) is 0 Å². The normalized spacial score (nSPS) is 17.9. The second kappa shape index (κ2) is 9.08. The first-order valence-corrected chi connectivity index (χ1v) is 12.2. The van der Waals surface area contributed by atoms with E-state index in [4.69, 9.17) is 9.47 Å². The molecule has 0 saturated carbocycles. The number of rotatable bonds is 6. The Morgan fingerprint density at radius 1 is 1.09 bits per heavy atom. The molecule has 0 fully saturated rings. The molecule has 4 nitrogen and oxygen atoms in total. The van der Waals surface area contributed by atoms with E-state index in [0.717, 1.165) is 19.4 Å². The zero-order valence-corrected chi connectivity index (χ0v) is 19.4. The van der Waals surface area contributed by atoms with Crippen molar-refractivity contribution in [2.75, 3.05) is 26.8 Å². The lowest BCUT2D eigenvalue weighted by Gasteiger charge is -2.28. The van der Waals surface area contributed by atoms with Gasteiger partial charge in [0, 0.05) is 30.8 Å². The first-order chi connectivity index (χ1) is 15.6. The number of carbonyl (C=O) groups is 1. The predicted molar refractivity (Wildman–Crippen MR) is 128 cm³/mol. The van der Waals surface area contributed by atoms with Gasteiger partial charge in [0.25, 0.3) is 0 Å². The van der Waals surface area contributed by atoms with Crippen molar-refractivity contribution in [1.29, 1.82) is 0 Å². The van der Waals surface area contributed by atoms with Crippen molar-refractivity contribution in [2.24, 2.45) is 5.92 Å². The monoisotopic (exact) mass is 447 g/mol. The Hall–Kier alpha value is -2.63. The van der Waals surface area contributed by atoms with E-state index in [1.54, 1.807) is 4.90 Å². The van der Waals surface area contributed by atoms with Gasteiger partial charge in [0.05, 0.1) is 12.7 Å². The third kappa shape index (κ3) is 4.07. The fourth-order valence-electron chi connectivity index (χ4n) is 5.11. The van der Waals surface area contributed by atoms with Crippen molar-refractivity contribution < 1.29 is 14.3 Å². The molecule has 0 saturated heterocycles. The number of nitrogens with zero attached hydrogens (tertiary/aromatic N) is 1. The summed E-state index contributed by atoms with van der Waals surface area (Å²) in [6.45, 7) is 3.97. The Kier molecular flexibility index (Phi) is 6.03. The van der Waals surface area contributed by atoms with E-state index in [0.29, 0.717) is 19.1 Å². The van der Waals surface area contributed by atoms with E-state index in [2.05, 4.69) is 66.9 Å². The smallest absolute Gasteiger partial charge is 0.409 e. The van der Waals surface area contributed by atoms with Gasteiger partial charge in [-0.25, -0.2) is 4.79 Å². The number of hydrogen-bond donors (Lipinski definition) is 0. The standard InChI is InChI=1S/C27H29NO3S/c1-18(15-25-23-12-14-32-26(23)11-13-30-25)16-28(2)27(29)31-17-24-21-9-5-3-7-19(21)20-8-4-6-10-22(20)24/h3-10,12,14,18,24-25H,11,13,15-17H2,1-2H3. The van der Waals surface area contributed by atoms with Crippen LogP contribution in [0.4, 0.5) is 4.79 Å². The Morgan fingerprint density at radius 2 is 1.78 bits per heavy atom. The Bertz CT molecular complexity index is 1060. The molecule has 2 aliphatic rings. The molecule has 3 aromatic rings. The number of hydrogen-bond acceptors (Lipinski definition) is 4. The molecule has 0 radical (unpaired) electrons. The van der Waals surface area contributed by atoms with E-state index >= 15 is 0 Å². The maximum absolute atomic E-state index is 12.8. The molecule has 32 heavy (non-hydrogen) atoms. The molecule has 5 rings (SSSR count). The summed E-state index contributed by atoms with van der Waals surface area (Å²) >= 11 is 1.82. The number of ether oxygens (including phenoxy) is 2. The molecule has 2 heterocycles. The van der Waals surface area contributed by atoms with Crippen molar-refractivity contribution in [3.05, 3.63) is 81.5 Å². The van der Waals surface area contributed by atoms with Crippen molar-refractivity contribution >= 4 is 17.4 Å². The average Bonchev–Trinajstić information content (AvgIpc) is 3.41. The SMILES string of the molecule is CC(CC1OCCc2sccc21)CN(C)C(=O)OCC1c2ccccc2-c2ccccc21. The van der Waals surface area contributed by atoms with Gasteiger partial charge in [-0.15, -0.1) is 11.3 Å². The van der Waals surface area contributed by atoms with Crippen LogP contribution in [0.2, 0.25) is 0 Å². The summed E-state index contributed by atoms with van der Waals surface area (Å²) in [6.07, 6.45) is 1.79. The van der Waals surface area contributed by atoms with Crippen LogP contribution in [-0.2, 0) is 15.9 Å². The number of amides is 1. The quantitative estimate of drug-likeness (QED) is 0.447. The fourth-order valence-corrected chi connectivity index (χ4v) is 6.02. The minimum atomic E-state index is -0.264. The van der Waals surface area contributed by atoms with Crippen LogP contribution in [0, 0.1) is 5.92 Å². The molecule has 1 aromatic heterocycles. The van der Waals surface area contributed by atoms with E-state index in [1.807, 2.05) is 18.4 Å². The molecule has 2 aromatic carbocycles. The van der Waals surface area contributed by atoms with Gasteiger partial charge in [0.1, 0.15) is 6.61 Å². The van der Waals surface area contributed by atoms with Crippen LogP contribution in [0.1, 0.15) is 46.9 Å². The molecule has 1 aliphatic heterocycles. The Labute approximate surface area is 193 Å². The number of benzene rings is 2. The molecule has 0 spiro atoms. The highest BCUT2D eigenvalue weighted by molar-refractivity contribution is 7.10. The maximum atomic E-state index is 12.8. The van der Waals surface area contributed by atoms with Crippen LogP contribution in [0.25, 0.3) is 11.1 Å². The molecule has 1 amide bonds. The number of thiophene rings is 1. The van der Waals surface area contributed by atoms with Gasteiger partial charge in [-0.2, -0.15) is 0 Å². The maximum Gasteiger partial charge on any atom is 0.409 e. The van der Waals surface area contributed by atoms with Gasteiger partial charge in [0.2, 0.25) is 0 Å². The third-order valence-electron chi connectivity index (χ3n) is 6.62. The molecule has 5 heteroatoms. The summed E-state index contributed by atoms with van der Waals surface area (Å²) in [5.41, 5.74) is 6.28. The topological polar surface area (TPSA) is 38.8 Å². The van der Waals surface area contributed by atoms with Crippen LogP contribution >= 0.6 is 11.3 Å². The van der Waals surface area contributed by atoms with Gasteiger partial charge < -0.3 is 14.4 Å². The molecule has 166 valence electrons. The second-order valence-corrected chi connectivity index (χ2v) is 9.93. The first kappa shape index (κ1) is 21.2.